The number of rotatable bonds is 9. The van der Waals surface area contributed by atoms with E-state index in [0.717, 1.165) is 31.6 Å². The predicted molar refractivity (Wildman–Crippen MR) is 125 cm³/mol. The van der Waals surface area contributed by atoms with Crippen LogP contribution in [0.5, 0.6) is 0 Å². The summed E-state index contributed by atoms with van der Waals surface area (Å²) in [6.45, 7) is 2.64. The summed E-state index contributed by atoms with van der Waals surface area (Å²) in [5, 5.41) is 15.5. The molecule has 0 unspecified atom stereocenters. The van der Waals surface area contributed by atoms with E-state index < -0.39 is 16.4 Å². The molecule has 2 aromatic heterocycles. The van der Waals surface area contributed by atoms with E-state index in [9.17, 15) is 18.3 Å². The lowest BCUT2D eigenvalue weighted by Crippen LogP contribution is -2.32. The van der Waals surface area contributed by atoms with Gasteiger partial charge in [-0.1, -0.05) is 12.2 Å². The van der Waals surface area contributed by atoms with Crippen LogP contribution in [0.2, 0.25) is 0 Å². The maximum atomic E-state index is 13.2. The van der Waals surface area contributed by atoms with Crippen molar-refractivity contribution < 1.29 is 22.9 Å². The zero-order valence-electron chi connectivity index (χ0n) is 17.9. The van der Waals surface area contributed by atoms with E-state index in [2.05, 4.69) is 32.3 Å². The van der Waals surface area contributed by atoms with Gasteiger partial charge in [0, 0.05) is 44.3 Å². The first-order valence-corrected chi connectivity index (χ1v) is 13.1. The highest BCUT2D eigenvalue weighted by Crippen LogP contribution is 2.30. The number of anilines is 1. The smallest absolute Gasteiger partial charge is 0.333 e. The molecule has 1 saturated carbocycles. The van der Waals surface area contributed by atoms with Crippen LogP contribution in [0.25, 0.3) is 0 Å². The molecular formula is C21H27N5O5S2. The number of hydrogen-bond donors (Lipinski definition) is 4. The maximum Gasteiger partial charge on any atom is 0.333 e. The van der Waals surface area contributed by atoms with Crippen LogP contribution >= 0.6 is 11.3 Å². The average molecular weight is 494 g/mol. The van der Waals surface area contributed by atoms with Crippen LogP contribution in [0.3, 0.4) is 0 Å². The van der Waals surface area contributed by atoms with Gasteiger partial charge in [0.25, 0.3) is 0 Å². The Morgan fingerprint density at radius 1 is 1.30 bits per heavy atom. The molecule has 3 atom stereocenters. The van der Waals surface area contributed by atoms with E-state index in [1.54, 1.807) is 0 Å². The number of thiophene rings is 1. The molecule has 3 heterocycles. The third-order valence-electron chi connectivity index (χ3n) is 5.91. The zero-order chi connectivity index (χ0) is 23.4. The molecule has 10 nitrogen and oxygen atoms in total. The summed E-state index contributed by atoms with van der Waals surface area (Å²) in [6.07, 6.45) is 8.28. The molecule has 0 bridgehead atoms. The number of ketones is 1. The zero-order valence-corrected chi connectivity index (χ0v) is 19.6. The number of hydrogen-bond acceptors (Lipinski definition) is 9. The molecular weight excluding hydrogens is 466 g/mol. The molecule has 0 aromatic carbocycles. The Balaban J connectivity index is 1.41. The van der Waals surface area contributed by atoms with Crippen molar-refractivity contribution in [1.29, 1.82) is 0 Å². The van der Waals surface area contributed by atoms with Crippen molar-refractivity contribution in [3.8, 4) is 0 Å². The Bertz CT molecular complexity index is 1120. The Kier molecular flexibility index (Phi) is 7.51. The van der Waals surface area contributed by atoms with Crippen molar-refractivity contribution in [1.82, 2.24) is 19.6 Å². The standard InChI is InChI=1S/C21H27N5O5S2/c27-18-8-16(7-15(18)9-24-33(29,30)31)25-21-17(10-22-13-23-21)20(28)19-6-14(12-32-19)11-26-4-2-1-3-5-26/h1-2,6,10,12-13,15-16,18,24,27H,3-5,7-9,11H2,(H,22,23,25)(H,29,30,31)/t15-,16-,18+/m1/s1. The van der Waals surface area contributed by atoms with E-state index >= 15 is 0 Å². The van der Waals surface area contributed by atoms with Gasteiger partial charge in [-0.2, -0.15) is 13.1 Å². The Labute approximate surface area is 196 Å². The van der Waals surface area contributed by atoms with Gasteiger partial charge in [0.05, 0.1) is 16.5 Å². The number of nitrogens with one attached hydrogen (secondary N) is 2. The number of carbonyl (C=O) groups excluding carboxylic acids is 1. The van der Waals surface area contributed by atoms with E-state index in [1.165, 1.54) is 23.9 Å². The minimum Gasteiger partial charge on any atom is -0.393 e. The molecule has 4 rings (SSSR count). The third-order valence-corrected chi connectivity index (χ3v) is 7.42. The number of aromatic nitrogens is 2. The van der Waals surface area contributed by atoms with E-state index in [1.807, 2.05) is 16.2 Å². The molecule has 178 valence electrons. The van der Waals surface area contributed by atoms with Crippen molar-refractivity contribution in [2.45, 2.75) is 38.0 Å². The minimum atomic E-state index is -4.32. The monoisotopic (exact) mass is 493 g/mol. The molecule has 0 amide bonds. The molecule has 0 radical (unpaired) electrons. The van der Waals surface area contributed by atoms with Gasteiger partial charge in [-0.25, -0.2) is 9.97 Å². The topological polar surface area (TPSA) is 145 Å². The number of aliphatic hydroxyl groups is 1. The fourth-order valence-corrected chi connectivity index (χ4v) is 5.54. The van der Waals surface area contributed by atoms with Crippen molar-refractivity contribution in [3.05, 3.63) is 52.1 Å². The molecule has 2 aliphatic rings. The lowest BCUT2D eigenvalue weighted by atomic mass is 10.1. The predicted octanol–water partition coefficient (Wildman–Crippen LogP) is 1.47. The van der Waals surface area contributed by atoms with Crippen LogP contribution in [-0.2, 0) is 16.8 Å². The van der Waals surface area contributed by atoms with Gasteiger partial charge in [0.15, 0.2) is 0 Å². The molecule has 1 aliphatic carbocycles. The SMILES string of the molecule is O=C(c1cc(CN2CC=CCC2)cs1)c1cncnc1N[C@@H]1C[C@H](CNS(=O)(=O)O)[C@@H](O)C1. The summed E-state index contributed by atoms with van der Waals surface area (Å²) in [4.78, 5) is 24.4. The number of aliphatic hydroxyl groups excluding tert-OH is 1. The van der Waals surface area contributed by atoms with Gasteiger partial charge in [0.2, 0.25) is 5.78 Å². The van der Waals surface area contributed by atoms with E-state index in [4.69, 9.17) is 4.55 Å². The summed E-state index contributed by atoms with van der Waals surface area (Å²) in [7, 11) is -4.32. The van der Waals surface area contributed by atoms with Crippen LogP contribution in [0, 0.1) is 5.92 Å². The quantitative estimate of drug-likeness (QED) is 0.232. The summed E-state index contributed by atoms with van der Waals surface area (Å²) in [6, 6.07) is 1.71. The van der Waals surface area contributed by atoms with Crippen LogP contribution in [0.1, 0.15) is 40.1 Å². The number of carbonyl (C=O) groups is 1. The fraction of sp³-hybridized carbons (Fsp3) is 0.476. The molecule has 12 heteroatoms. The van der Waals surface area contributed by atoms with E-state index in [0.29, 0.717) is 29.1 Å². The van der Waals surface area contributed by atoms with Gasteiger partial charge in [-0.3, -0.25) is 14.2 Å². The van der Waals surface area contributed by atoms with Crippen LogP contribution in [0.4, 0.5) is 5.82 Å². The molecule has 33 heavy (non-hydrogen) atoms. The highest BCUT2D eigenvalue weighted by atomic mass is 32.2. The van der Waals surface area contributed by atoms with Crippen molar-refractivity contribution in [3.63, 3.8) is 0 Å². The maximum absolute atomic E-state index is 13.2. The molecule has 1 fully saturated rings. The first-order valence-electron chi connectivity index (χ1n) is 10.7. The second-order valence-electron chi connectivity index (χ2n) is 8.39. The van der Waals surface area contributed by atoms with Gasteiger partial charge >= 0.3 is 10.3 Å². The Morgan fingerprint density at radius 3 is 2.91 bits per heavy atom. The lowest BCUT2D eigenvalue weighted by Gasteiger charge is -2.22. The van der Waals surface area contributed by atoms with Crippen LogP contribution in [-0.4, -0.2) is 70.5 Å². The highest BCUT2D eigenvalue weighted by Gasteiger charge is 2.34. The second kappa shape index (κ2) is 10.4. The average Bonchev–Trinajstić information content (AvgIpc) is 3.38. The second-order valence-corrected chi connectivity index (χ2v) is 10.5. The van der Waals surface area contributed by atoms with Gasteiger partial charge in [-0.05, 0) is 36.3 Å². The molecule has 2 aromatic rings. The molecule has 4 N–H and O–H groups in total. The highest BCUT2D eigenvalue weighted by molar-refractivity contribution is 7.83. The van der Waals surface area contributed by atoms with E-state index in [-0.39, 0.29) is 24.3 Å². The summed E-state index contributed by atoms with van der Waals surface area (Å²) in [5.74, 6) is -0.155. The summed E-state index contributed by atoms with van der Waals surface area (Å²) < 4.78 is 32.7. The fourth-order valence-electron chi connectivity index (χ4n) is 4.26. The lowest BCUT2D eigenvalue weighted by molar-refractivity contribution is 0.104. The summed E-state index contributed by atoms with van der Waals surface area (Å²) in [5.41, 5.74) is 1.44. The first-order chi connectivity index (χ1) is 15.8. The normalized spacial score (nSPS) is 23.6. The first kappa shape index (κ1) is 23.9. The van der Waals surface area contributed by atoms with Gasteiger partial charge in [-0.15, -0.1) is 11.3 Å². The van der Waals surface area contributed by atoms with Crippen LogP contribution < -0.4 is 10.0 Å². The van der Waals surface area contributed by atoms with Crippen molar-refractivity contribution in [2.24, 2.45) is 5.92 Å². The molecule has 0 spiro atoms. The Morgan fingerprint density at radius 2 is 2.15 bits per heavy atom. The molecule has 0 saturated heterocycles. The number of nitrogens with zero attached hydrogens (tertiary/aromatic N) is 3. The summed E-state index contributed by atoms with van der Waals surface area (Å²) >= 11 is 1.40. The van der Waals surface area contributed by atoms with Crippen molar-refractivity contribution >= 4 is 33.2 Å². The van der Waals surface area contributed by atoms with Gasteiger partial charge in [0.1, 0.15) is 12.1 Å². The largest absolute Gasteiger partial charge is 0.393 e. The Hall–Kier alpha value is -2.22. The van der Waals surface area contributed by atoms with Crippen molar-refractivity contribution in [2.75, 3.05) is 25.0 Å². The van der Waals surface area contributed by atoms with Gasteiger partial charge < -0.3 is 10.4 Å². The third kappa shape index (κ3) is 6.43. The minimum absolute atomic E-state index is 0.0709. The van der Waals surface area contributed by atoms with Crippen LogP contribution in [0.15, 0.2) is 36.1 Å². The molecule has 1 aliphatic heterocycles.